The number of carbonyl (C=O) groups is 1. The van der Waals surface area contributed by atoms with Gasteiger partial charge in [0, 0.05) is 12.0 Å². The topological polar surface area (TPSA) is 57.0 Å². The predicted octanol–water partition coefficient (Wildman–Crippen LogP) is 6.28. The van der Waals surface area contributed by atoms with E-state index in [1.807, 2.05) is 12.1 Å². The second kappa shape index (κ2) is 10.6. The largest absolute Gasteiger partial charge is 0.462 e. The van der Waals surface area contributed by atoms with Gasteiger partial charge in [-0.2, -0.15) is 9.67 Å². The lowest BCUT2D eigenvalue weighted by atomic mass is 9.87. The van der Waals surface area contributed by atoms with Crippen LogP contribution in [0, 0.1) is 5.92 Å². The van der Waals surface area contributed by atoms with Crippen molar-refractivity contribution in [2.24, 2.45) is 5.92 Å². The van der Waals surface area contributed by atoms with Crippen LogP contribution in [-0.4, -0.2) is 27.3 Å². The van der Waals surface area contributed by atoms with Gasteiger partial charge >= 0.3 is 6.01 Å². The number of unbranched alkanes of at least 4 members (excludes halogenated alkanes) is 4. The average Bonchev–Trinajstić information content (AvgIpc) is 3.10. The maximum atomic E-state index is 12.9. The van der Waals surface area contributed by atoms with E-state index in [0.717, 1.165) is 18.4 Å². The van der Waals surface area contributed by atoms with Crippen molar-refractivity contribution in [1.82, 2.24) is 14.8 Å². The molecule has 0 spiro atoms. The highest BCUT2D eigenvalue weighted by Gasteiger charge is 2.20. The number of aromatic nitrogens is 3. The molecule has 1 aromatic heterocycles. The molecule has 0 saturated heterocycles. The first-order valence-corrected chi connectivity index (χ1v) is 11.0. The number of benzene rings is 1. The third kappa shape index (κ3) is 6.98. The highest BCUT2D eigenvalue weighted by atomic mass is 16.5. The molecule has 0 saturated carbocycles. The molecule has 2 rings (SSSR count). The van der Waals surface area contributed by atoms with Gasteiger partial charge < -0.3 is 4.74 Å². The Hall–Kier alpha value is -2.17. The zero-order valence-electron chi connectivity index (χ0n) is 19.0. The van der Waals surface area contributed by atoms with Crippen molar-refractivity contribution in [2.75, 3.05) is 6.61 Å². The summed E-state index contributed by atoms with van der Waals surface area (Å²) in [4.78, 5) is 17.4. The molecule has 0 aliphatic carbocycles. The van der Waals surface area contributed by atoms with Crippen molar-refractivity contribution in [2.45, 2.75) is 85.5 Å². The molecule has 2 aromatic rings. The number of hydrogen-bond donors (Lipinski definition) is 0. The van der Waals surface area contributed by atoms with Gasteiger partial charge in [-0.05, 0) is 23.3 Å². The summed E-state index contributed by atoms with van der Waals surface area (Å²) in [5, 5.41) is 4.38. The SMILES string of the molecule is CCCCCCCC(=O)n1nc(OCC(C)C)nc1-c1ccc(C(C)(C)C)cc1. The van der Waals surface area contributed by atoms with Crippen LogP contribution in [0.25, 0.3) is 11.4 Å². The molecule has 0 aliphatic heterocycles. The normalized spacial score (nSPS) is 11.8. The Morgan fingerprint density at radius 3 is 2.31 bits per heavy atom. The van der Waals surface area contributed by atoms with Crippen LogP contribution >= 0.6 is 0 Å². The van der Waals surface area contributed by atoms with E-state index >= 15 is 0 Å². The number of carbonyl (C=O) groups excluding carboxylic acids is 1. The van der Waals surface area contributed by atoms with Crippen LogP contribution in [0.3, 0.4) is 0 Å². The molecule has 0 N–H and O–H groups in total. The molecular formula is C24H37N3O2. The summed E-state index contributed by atoms with van der Waals surface area (Å²) in [7, 11) is 0. The number of nitrogens with zero attached hydrogens (tertiary/aromatic N) is 3. The number of rotatable bonds is 10. The van der Waals surface area contributed by atoms with Crippen LogP contribution in [0.15, 0.2) is 24.3 Å². The maximum Gasteiger partial charge on any atom is 0.336 e. The monoisotopic (exact) mass is 399 g/mol. The Labute approximate surface area is 175 Å². The predicted molar refractivity (Wildman–Crippen MR) is 118 cm³/mol. The van der Waals surface area contributed by atoms with Gasteiger partial charge in [-0.3, -0.25) is 4.79 Å². The molecule has 0 atom stereocenters. The number of ether oxygens (including phenoxy) is 1. The Morgan fingerprint density at radius 1 is 1.07 bits per heavy atom. The fourth-order valence-corrected chi connectivity index (χ4v) is 3.06. The summed E-state index contributed by atoms with van der Waals surface area (Å²) >= 11 is 0. The highest BCUT2D eigenvalue weighted by Crippen LogP contribution is 2.26. The van der Waals surface area contributed by atoms with Gasteiger partial charge in [0.15, 0.2) is 5.82 Å². The van der Waals surface area contributed by atoms with E-state index in [-0.39, 0.29) is 17.3 Å². The Kier molecular flexibility index (Phi) is 8.42. The van der Waals surface area contributed by atoms with E-state index in [0.29, 0.717) is 24.8 Å². The average molecular weight is 400 g/mol. The molecular weight excluding hydrogens is 362 g/mol. The minimum Gasteiger partial charge on any atom is -0.462 e. The lowest BCUT2D eigenvalue weighted by Crippen LogP contribution is -2.14. The molecule has 29 heavy (non-hydrogen) atoms. The van der Waals surface area contributed by atoms with Crippen LogP contribution in [0.1, 0.15) is 90.4 Å². The number of hydrogen-bond acceptors (Lipinski definition) is 4. The second-order valence-corrected chi connectivity index (χ2v) is 9.22. The quantitative estimate of drug-likeness (QED) is 0.441. The van der Waals surface area contributed by atoms with Gasteiger partial charge in [0.2, 0.25) is 5.91 Å². The van der Waals surface area contributed by atoms with E-state index < -0.39 is 0 Å². The minimum atomic E-state index is -0.0247. The minimum absolute atomic E-state index is 0.0247. The first kappa shape index (κ1) is 23.1. The molecule has 1 heterocycles. The van der Waals surface area contributed by atoms with E-state index in [1.54, 1.807) is 0 Å². The van der Waals surface area contributed by atoms with Crippen molar-refractivity contribution in [3.05, 3.63) is 29.8 Å². The lowest BCUT2D eigenvalue weighted by Gasteiger charge is -2.19. The zero-order valence-corrected chi connectivity index (χ0v) is 19.0. The molecule has 0 amide bonds. The third-order valence-corrected chi connectivity index (χ3v) is 4.87. The van der Waals surface area contributed by atoms with Gasteiger partial charge in [-0.25, -0.2) is 0 Å². The first-order chi connectivity index (χ1) is 13.7. The van der Waals surface area contributed by atoms with Crippen LogP contribution in [-0.2, 0) is 5.41 Å². The summed E-state index contributed by atoms with van der Waals surface area (Å²) in [6.45, 7) is 13.4. The fourth-order valence-electron chi connectivity index (χ4n) is 3.06. The Bertz CT molecular complexity index is 770. The van der Waals surface area contributed by atoms with Crippen molar-refractivity contribution < 1.29 is 9.53 Å². The van der Waals surface area contributed by atoms with E-state index in [2.05, 4.69) is 63.8 Å². The molecule has 0 unspecified atom stereocenters. The smallest absolute Gasteiger partial charge is 0.336 e. The molecule has 0 fully saturated rings. The van der Waals surface area contributed by atoms with Crippen molar-refractivity contribution in [3.63, 3.8) is 0 Å². The van der Waals surface area contributed by atoms with Crippen LogP contribution in [0.5, 0.6) is 6.01 Å². The standard InChI is InChI=1S/C24H37N3O2/c1-7-8-9-10-11-12-21(28)27-22(25-23(26-27)29-17-18(2)3)19-13-15-20(16-14-19)24(4,5)6/h13-16,18H,7-12,17H2,1-6H3. The van der Waals surface area contributed by atoms with Crippen molar-refractivity contribution >= 4 is 5.91 Å². The molecule has 0 aliphatic rings. The van der Waals surface area contributed by atoms with Gasteiger partial charge in [-0.15, -0.1) is 5.10 Å². The Balaban J connectivity index is 2.23. The van der Waals surface area contributed by atoms with Crippen molar-refractivity contribution in [3.8, 4) is 17.4 Å². The molecule has 0 bridgehead atoms. The lowest BCUT2D eigenvalue weighted by molar-refractivity contribution is 0.0882. The molecule has 5 nitrogen and oxygen atoms in total. The zero-order chi connectivity index (χ0) is 21.4. The van der Waals surface area contributed by atoms with Crippen LogP contribution in [0.4, 0.5) is 0 Å². The maximum absolute atomic E-state index is 12.9. The van der Waals surface area contributed by atoms with E-state index in [1.165, 1.54) is 29.5 Å². The van der Waals surface area contributed by atoms with Gasteiger partial charge in [-0.1, -0.05) is 91.5 Å². The second-order valence-electron chi connectivity index (χ2n) is 9.22. The fraction of sp³-hybridized carbons (Fsp3) is 0.625. The molecule has 1 aromatic carbocycles. The van der Waals surface area contributed by atoms with E-state index in [4.69, 9.17) is 4.74 Å². The summed E-state index contributed by atoms with van der Waals surface area (Å²) in [6, 6.07) is 8.49. The summed E-state index contributed by atoms with van der Waals surface area (Å²) in [6.07, 6.45) is 6.01. The molecule has 5 heteroatoms. The van der Waals surface area contributed by atoms with Gasteiger partial charge in [0.25, 0.3) is 0 Å². The van der Waals surface area contributed by atoms with Crippen LogP contribution in [0.2, 0.25) is 0 Å². The molecule has 160 valence electrons. The molecule has 0 radical (unpaired) electrons. The van der Waals surface area contributed by atoms with E-state index in [9.17, 15) is 4.79 Å². The Morgan fingerprint density at radius 2 is 1.72 bits per heavy atom. The summed E-state index contributed by atoms with van der Waals surface area (Å²) in [5.41, 5.74) is 2.20. The highest BCUT2D eigenvalue weighted by molar-refractivity contribution is 5.82. The van der Waals surface area contributed by atoms with Gasteiger partial charge in [0.05, 0.1) is 6.61 Å². The first-order valence-electron chi connectivity index (χ1n) is 11.0. The van der Waals surface area contributed by atoms with Crippen molar-refractivity contribution in [1.29, 1.82) is 0 Å². The third-order valence-electron chi connectivity index (χ3n) is 4.87. The summed E-state index contributed by atoms with van der Waals surface area (Å²) < 4.78 is 7.13. The van der Waals surface area contributed by atoms with Crippen LogP contribution < -0.4 is 4.74 Å². The summed E-state index contributed by atoms with van der Waals surface area (Å²) in [5.74, 6) is 0.900. The van der Waals surface area contributed by atoms with Gasteiger partial charge in [0.1, 0.15) is 0 Å².